The number of fused-ring (bicyclic) bond motifs is 1. The number of aromatic nitrogens is 3. The van der Waals surface area contributed by atoms with Crippen molar-refractivity contribution in [3.05, 3.63) is 99.3 Å². The van der Waals surface area contributed by atoms with Crippen LogP contribution in [-0.4, -0.2) is 34.2 Å². The van der Waals surface area contributed by atoms with Crippen LogP contribution < -0.4 is 20.9 Å². The predicted octanol–water partition coefficient (Wildman–Crippen LogP) is 2.28. The molecule has 0 saturated carbocycles. The van der Waals surface area contributed by atoms with Crippen molar-refractivity contribution in [3.63, 3.8) is 0 Å². The highest BCUT2D eigenvalue weighted by Gasteiger charge is 2.18. The molecule has 2 heterocycles. The van der Waals surface area contributed by atoms with E-state index in [0.29, 0.717) is 17.0 Å². The zero-order valence-electron chi connectivity index (χ0n) is 17.8. The Morgan fingerprint density at radius 2 is 1.69 bits per heavy atom. The van der Waals surface area contributed by atoms with E-state index in [1.54, 1.807) is 50.6 Å². The van der Waals surface area contributed by atoms with E-state index in [9.17, 15) is 14.4 Å². The van der Waals surface area contributed by atoms with Gasteiger partial charge in [-0.2, -0.15) is 0 Å². The van der Waals surface area contributed by atoms with Gasteiger partial charge in [-0.15, -0.1) is 0 Å². The lowest BCUT2D eigenvalue weighted by Gasteiger charge is -2.19. The molecule has 0 radical (unpaired) electrons. The van der Waals surface area contributed by atoms with Crippen molar-refractivity contribution in [1.29, 1.82) is 0 Å². The van der Waals surface area contributed by atoms with Gasteiger partial charge in [-0.25, -0.2) is 9.78 Å². The zero-order chi connectivity index (χ0) is 22.7. The Balaban J connectivity index is 1.77. The van der Waals surface area contributed by atoms with Crippen LogP contribution in [0.5, 0.6) is 5.75 Å². The normalized spacial score (nSPS) is 10.8. The summed E-state index contributed by atoms with van der Waals surface area (Å²) in [6.07, 6.45) is 1.49. The molecule has 0 aliphatic carbocycles. The minimum Gasteiger partial charge on any atom is -0.497 e. The van der Waals surface area contributed by atoms with Crippen LogP contribution in [0, 0.1) is 0 Å². The molecule has 162 valence electrons. The monoisotopic (exact) mass is 430 g/mol. The number of benzene rings is 2. The van der Waals surface area contributed by atoms with Crippen LogP contribution in [-0.2, 0) is 17.9 Å². The Kier molecular flexibility index (Phi) is 5.85. The van der Waals surface area contributed by atoms with Crippen molar-refractivity contribution in [2.24, 2.45) is 0 Å². The highest BCUT2D eigenvalue weighted by Crippen LogP contribution is 2.14. The quantitative estimate of drug-likeness (QED) is 0.468. The number of nitrogens with zero attached hydrogens (tertiary/aromatic N) is 4. The van der Waals surface area contributed by atoms with Gasteiger partial charge in [0.2, 0.25) is 5.91 Å². The van der Waals surface area contributed by atoms with E-state index < -0.39 is 11.2 Å². The molecule has 2 aromatic heterocycles. The molecule has 0 aliphatic rings. The third-order valence-electron chi connectivity index (χ3n) is 5.30. The van der Waals surface area contributed by atoms with Gasteiger partial charge in [0.25, 0.3) is 5.56 Å². The van der Waals surface area contributed by atoms with Crippen LogP contribution in [0.2, 0.25) is 0 Å². The van der Waals surface area contributed by atoms with E-state index in [2.05, 4.69) is 4.98 Å². The summed E-state index contributed by atoms with van der Waals surface area (Å²) < 4.78 is 7.56. The van der Waals surface area contributed by atoms with Crippen molar-refractivity contribution in [2.45, 2.75) is 13.1 Å². The number of carbonyl (C=O) groups is 1. The minimum atomic E-state index is -0.568. The fourth-order valence-electron chi connectivity index (χ4n) is 3.49. The molecule has 1 amide bonds. The molecular formula is C24H22N4O4. The van der Waals surface area contributed by atoms with Gasteiger partial charge in [-0.3, -0.25) is 18.7 Å². The van der Waals surface area contributed by atoms with Crippen molar-refractivity contribution in [3.8, 4) is 5.75 Å². The molecule has 32 heavy (non-hydrogen) atoms. The van der Waals surface area contributed by atoms with Crippen LogP contribution in [0.3, 0.4) is 0 Å². The highest BCUT2D eigenvalue weighted by molar-refractivity contribution is 5.93. The lowest BCUT2D eigenvalue weighted by atomic mass is 10.2. The predicted molar refractivity (Wildman–Crippen MR) is 122 cm³/mol. The molecular weight excluding hydrogens is 408 g/mol. The summed E-state index contributed by atoms with van der Waals surface area (Å²) in [7, 11) is 3.22. The summed E-state index contributed by atoms with van der Waals surface area (Å²) in [6.45, 7) is -0.174. The maximum atomic E-state index is 13.3. The summed E-state index contributed by atoms with van der Waals surface area (Å²) in [4.78, 5) is 45.0. The maximum Gasteiger partial charge on any atom is 0.332 e. The summed E-state index contributed by atoms with van der Waals surface area (Å²) in [5.74, 6) is 0.381. The zero-order valence-corrected chi connectivity index (χ0v) is 17.8. The van der Waals surface area contributed by atoms with Crippen molar-refractivity contribution < 1.29 is 9.53 Å². The first-order valence-electron chi connectivity index (χ1n) is 10.0. The molecule has 0 bridgehead atoms. The fourth-order valence-corrected chi connectivity index (χ4v) is 3.49. The van der Waals surface area contributed by atoms with Gasteiger partial charge < -0.3 is 9.64 Å². The number of ether oxygens (including phenoxy) is 1. The van der Waals surface area contributed by atoms with Gasteiger partial charge in [0, 0.05) is 18.9 Å². The number of hydrogen-bond donors (Lipinski definition) is 0. The van der Waals surface area contributed by atoms with Crippen LogP contribution in [0.25, 0.3) is 11.0 Å². The largest absolute Gasteiger partial charge is 0.497 e. The minimum absolute atomic E-state index is 0.0525. The third kappa shape index (κ3) is 4.02. The maximum absolute atomic E-state index is 13.3. The number of rotatable bonds is 6. The van der Waals surface area contributed by atoms with E-state index in [0.717, 1.165) is 10.1 Å². The average Bonchev–Trinajstić information content (AvgIpc) is 2.84. The lowest BCUT2D eigenvalue weighted by Crippen LogP contribution is -2.43. The number of methoxy groups -OCH3 is 1. The van der Waals surface area contributed by atoms with Gasteiger partial charge in [-0.05, 0) is 42.0 Å². The molecule has 0 unspecified atom stereocenters. The van der Waals surface area contributed by atoms with Crippen molar-refractivity contribution in [2.75, 3.05) is 19.1 Å². The van der Waals surface area contributed by atoms with E-state index in [-0.39, 0.29) is 24.5 Å². The lowest BCUT2D eigenvalue weighted by molar-refractivity contribution is -0.118. The van der Waals surface area contributed by atoms with Crippen LogP contribution in [0.4, 0.5) is 5.69 Å². The van der Waals surface area contributed by atoms with Crippen LogP contribution >= 0.6 is 0 Å². The second-order valence-corrected chi connectivity index (χ2v) is 7.27. The summed E-state index contributed by atoms with van der Waals surface area (Å²) >= 11 is 0. The average molecular weight is 430 g/mol. The second kappa shape index (κ2) is 8.89. The Morgan fingerprint density at radius 1 is 0.969 bits per heavy atom. The molecule has 4 rings (SSSR count). The number of anilines is 1. The Bertz CT molecular complexity index is 1380. The molecule has 4 aromatic rings. The van der Waals surface area contributed by atoms with Gasteiger partial charge in [0.05, 0.1) is 19.2 Å². The summed E-state index contributed by atoms with van der Waals surface area (Å²) in [6, 6.07) is 19.5. The van der Waals surface area contributed by atoms with E-state index in [4.69, 9.17) is 4.74 Å². The van der Waals surface area contributed by atoms with E-state index >= 15 is 0 Å². The Labute approximate surface area is 183 Å². The van der Waals surface area contributed by atoms with E-state index in [1.165, 1.54) is 15.7 Å². The first kappa shape index (κ1) is 21.0. The number of likely N-dealkylation sites (N-methyl/N-ethyl adjacent to an activating group) is 1. The molecule has 2 aromatic carbocycles. The van der Waals surface area contributed by atoms with Gasteiger partial charge in [0.1, 0.15) is 12.3 Å². The second-order valence-electron chi connectivity index (χ2n) is 7.27. The van der Waals surface area contributed by atoms with E-state index in [1.807, 2.05) is 30.3 Å². The first-order valence-corrected chi connectivity index (χ1v) is 10.0. The molecule has 0 fully saturated rings. The number of pyridine rings is 1. The van der Waals surface area contributed by atoms with Gasteiger partial charge >= 0.3 is 5.69 Å². The molecule has 0 N–H and O–H groups in total. The number of para-hydroxylation sites is 1. The summed E-state index contributed by atoms with van der Waals surface area (Å²) in [5, 5.41) is 0. The van der Waals surface area contributed by atoms with Gasteiger partial charge in [-0.1, -0.05) is 30.3 Å². The topological polar surface area (TPSA) is 86.4 Å². The standard InChI is InChI=1S/C24H22N4O4/c1-26(18-7-4-3-5-8-18)21(29)16-27-20-9-6-14-25-22(20)23(30)28(24(27)31)15-17-10-12-19(32-2)13-11-17/h3-14H,15-16H2,1-2H3. The molecule has 0 aliphatic heterocycles. The van der Waals surface area contributed by atoms with Crippen molar-refractivity contribution >= 4 is 22.6 Å². The van der Waals surface area contributed by atoms with Crippen LogP contribution in [0.15, 0.2) is 82.5 Å². The molecule has 0 spiro atoms. The number of carbonyl (C=O) groups excluding carboxylic acids is 1. The molecule has 0 atom stereocenters. The summed E-state index contributed by atoms with van der Waals surface area (Å²) in [5.41, 5.74) is 0.848. The third-order valence-corrected chi connectivity index (χ3v) is 5.30. The van der Waals surface area contributed by atoms with Crippen molar-refractivity contribution in [1.82, 2.24) is 14.1 Å². The molecule has 8 heteroatoms. The SMILES string of the molecule is COc1ccc(Cn2c(=O)c3ncccc3n(CC(=O)N(C)c3ccccc3)c2=O)cc1. The van der Waals surface area contributed by atoms with Gasteiger partial charge in [0.15, 0.2) is 5.52 Å². The highest BCUT2D eigenvalue weighted by atomic mass is 16.5. The Hall–Kier alpha value is -4.20. The fraction of sp³-hybridized carbons (Fsp3) is 0.167. The first-order chi connectivity index (χ1) is 15.5. The Morgan fingerprint density at radius 3 is 2.38 bits per heavy atom. The number of hydrogen-bond acceptors (Lipinski definition) is 5. The number of amides is 1. The smallest absolute Gasteiger partial charge is 0.332 e. The molecule has 0 saturated heterocycles. The van der Waals surface area contributed by atoms with Crippen LogP contribution in [0.1, 0.15) is 5.56 Å². The molecule has 8 nitrogen and oxygen atoms in total.